The largest absolute Gasteiger partial charge is 0.504 e. The Morgan fingerprint density at radius 2 is 1.28 bits per heavy atom. The van der Waals surface area contributed by atoms with Crippen LogP contribution in [0.3, 0.4) is 0 Å². The lowest BCUT2D eigenvalue weighted by Crippen LogP contribution is -1.97. The van der Waals surface area contributed by atoms with E-state index >= 15 is 0 Å². The van der Waals surface area contributed by atoms with Crippen LogP contribution >= 0.6 is 0 Å². The Balaban J connectivity index is 1.61. The number of ether oxygens (including phenoxy) is 1. The standard InChI is InChI=1S/C26H38O5S/c1-2-3-4-5-6-7-8-9-10-11-12-13-14-22-15-17-23(18-16-22)31-26-20-19-24(21-25(26)27)32(28,29)30/h15-21,27H,2-14H2,1H3,(H,28,29,30). The van der Waals surface area contributed by atoms with E-state index in [0.717, 1.165) is 12.5 Å². The van der Waals surface area contributed by atoms with E-state index < -0.39 is 10.1 Å². The molecule has 0 saturated carbocycles. The van der Waals surface area contributed by atoms with E-state index in [9.17, 15) is 13.5 Å². The second kappa shape index (κ2) is 14.2. The smallest absolute Gasteiger partial charge is 0.294 e. The van der Waals surface area contributed by atoms with Crippen LogP contribution in [0.25, 0.3) is 0 Å². The number of benzene rings is 2. The zero-order valence-electron chi connectivity index (χ0n) is 19.3. The molecule has 0 aliphatic rings. The van der Waals surface area contributed by atoms with Gasteiger partial charge in [-0.05, 0) is 42.7 Å². The summed E-state index contributed by atoms with van der Waals surface area (Å²) in [6.07, 6.45) is 17.1. The van der Waals surface area contributed by atoms with Gasteiger partial charge < -0.3 is 9.84 Å². The van der Waals surface area contributed by atoms with Gasteiger partial charge in [-0.3, -0.25) is 4.55 Å². The quantitative estimate of drug-likeness (QED) is 0.197. The molecular formula is C26H38O5S. The maximum Gasteiger partial charge on any atom is 0.294 e. The molecule has 0 fully saturated rings. The minimum atomic E-state index is -4.36. The predicted molar refractivity (Wildman–Crippen MR) is 129 cm³/mol. The van der Waals surface area contributed by atoms with Crippen molar-refractivity contribution in [2.24, 2.45) is 0 Å². The van der Waals surface area contributed by atoms with Crippen LogP contribution in [0.5, 0.6) is 17.2 Å². The summed E-state index contributed by atoms with van der Waals surface area (Å²) in [5.74, 6) is 0.338. The van der Waals surface area contributed by atoms with Gasteiger partial charge in [-0.2, -0.15) is 8.42 Å². The highest BCUT2D eigenvalue weighted by Crippen LogP contribution is 2.32. The Morgan fingerprint density at radius 3 is 1.78 bits per heavy atom. The summed E-state index contributed by atoms with van der Waals surface area (Å²) in [7, 11) is -4.36. The lowest BCUT2D eigenvalue weighted by molar-refractivity contribution is 0.408. The van der Waals surface area contributed by atoms with Crippen molar-refractivity contribution in [1.82, 2.24) is 0 Å². The van der Waals surface area contributed by atoms with Gasteiger partial charge in [0.15, 0.2) is 11.5 Å². The van der Waals surface area contributed by atoms with E-state index in [4.69, 9.17) is 9.29 Å². The molecule has 0 aliphatic carbocycles. The monoisotopic (exact) mass is 462 g/mol. The molecule has 0 unspecified atom stereocenters. The van der Waals surface area contributed by atoms with Crippen molar-refractivity contribution in [3.8, 4) is 17.2 Å². The van der Waals surface area contributed by atoms with Crippen LogP contribution in [0.15, 0.2) is 47.4 Å². The molecule has 0 spiro atoms. The first-order valence-corrected chi connectivity index (χ1v) is 13.4. The van der Waals surface area contributed by atoms with Crippen molar-refractivity contribution in [1.29, 1.82) is 0 Å². The van der Waals surface area contributed by atoms with E-state index in [2.05, 4.69) is 6.92 Å². The van der Waals surface area contributed by atoms with E-state index in [1.807, 2.05) is 24.3 Å². The Hall–Kier alpha value is -2.05. The van der Waals surface area contributed by atoms with Gasteiger partial charge in [0, 0.05) is 6.07 Å². The average Bonchev–Trinajstić information content (AvgIpc) is 2.76. The average molecular weight is 463 g/mol. The normalized spacial score (nSPS) is 11.6. The van der Waals surface area contributed by atoms with Gasteiger partial charge in [0.05, 0.1) is 4.90 Å². The topological polar surface area (TPSA) is 83.8 Å². The van der Waals surface area contributed by atoms with E-state index in [1.165, 1.54) is 94.7 Å². The van der Waals surface area contributed by atoms with Crippen LogP contribution in [0, 0.1) is 0 Å². The molecule has 2 rings (SSSR count). The summed E-state index contributed by atoms with van der Waals surface area (Å²) in [6, 6.07) is 11.2. The number of rotatable bonds is 16. The van der Waals surface area contributed by atoms with Gasteiger partial charge in [0.25, 0.3) is 10.1 Å². The molecule has 2 aromatic rings. The molecule has 5 nitrogen and oxygen atoms in total. The van der Waals surface area contributed by atoms with Gasteiger partial charge in [-0.25, -0.2) is 0 Å². The van der Waals surface area contributed by atoms with Crippen molar-refractivity contribution in [3.63, 3.8) is 0 Å². The number of phenols is 1. The lowest BCUT2D eigenvalue weighted by Gasteiger charge is -2.09. The molecule has 32 heavy (non-hydrogen) atoms. The molecule has 2 aromatic carbocycles. The first-order chi connectivity index (χ1) is 15.4. The summed E-state index contributed by atoms with van der Waals surface area (Å²) >= 11 is 0. The number of aromatic hydroxyl groups is 1. The van der Waals surface area contributed by atoms with Crippen molar-refractivity contribution < 1.29 is 22.8 Å². The fourth-order valence-corrected chi connectivity index (χ4v) is 4.27. The van der Waals surface area contributed by atoms with Gasteiger partial charge in [0.2, 0.25) is 0 Å². The van der Waals surface area contributed by atoms with Crippen molar-refractivity contribution >= 4 is 10.1 Å². The van der Waals surface area contributed by atoms with Crippen LogP contribution in [-0.2, 0) is 16.5 Å². The Bertz CT molecular complexity index is 891. The fraction of sp³-hybridized carbons (Fsp3) is 0.538. The molecule has 0 bridgehead atoms. The van der Waals surface area contributed by atoms with Gasteiger partial charge in [-0.15, -0.1) is 0 Å². The summed E-state index contributed by atoms with van der Waals surface area (Å²) in [5, 5.41) is 9.95. The Labute approximate surface area is 193 Å². The third-order valence-corrected chi connectivity index (χ3v) is 6.55. The molecular weight excluding hydrogens is 424 g/mol. The first kappa shape index (κ1) is 26.2. The lowest BCUT2D eigenvalue weighted by atomic mass is 10.0. The number of aryl methyl sites for hydroxylation is 1. The van der Waals surface area contributed by atoms with Crippen LogP contribution in [0.2, 0.25) is 0 Å². The van der Waals surface area contributed by atoms with Gasteiger partial charge >= 0.3 is 0 Å². The molecule has 178 valence electrons. The molecule has 0 saturated heterocycles. The maximum absolute atomic E-state index is 11.1. The Morgan fingerprint density at radius 1 is 0.750 bits per heavy atom. The molecule has 0 amide bonds. The molecule has 6 heteroatoms. The summed E-state index contributed by atoms with van der Waals surface area (Å²) in [4.78, 5) is -0.375. The van der Waals surface area contributed by atoms with Crippen LogP contribution in [-0.4, -0.2) is 18.1 Å². The number of hydrogen-bond acceptors (Lipinski definition) is 4. The second-order valence-electron chi connectivity index (χ2n) is 8.49. The molecule has 0 heterocycles. The molecule has 0 atom stereocenters. The molecule has 2 N–H and O–H groups in total. The minimum Gasteiger partial charge on any atom is -0.504 e. The third-order valence-electron chi connectivity index (χ3n) is 5.70. The molecule has 0 aromatic heterocycles. The van der Waals surface area contributed by atoms with Crippen molar-refractivity contribution in [3.05, 3.63) is 48.0 Å². The number of phenolic OH excluding ortho intramolecular Hbond substituents is 1. The van der Waals surface area contributed by atoms with E-state index in [1.54, 1.807) is 0 Å². The predicted octanol–water partition coefficient (Wildman–Crippen LogP) is 7.67. The van der Waals surface area contributed by atoms with Crippen LogP contribution in [0.1, 0.15) is 89.5 Å². The zero-order chi connectivity index (χ0) is 23.2. The third kappa shape index (κ3) is 10.0. The number of unbranched alkanes of at least 4 members (excludes halogenated alkanes) is 11. The van der Waals surface area contributed by atoms with Gasteiger partial charge in [-0.1, -0.05) is 89.7 Å². The molecule has 0 radical (unpaired) electrons. The van der Waals surface area contributed by atoms with Crippen LogP contribution in [0.4, 0.5) is 0 Å². The summed E-state index contributed by atoms with van der Waals surface area (Å²) < 4.78 is 36.9. The van der Waals surface area contributed by atoms with Crippen LogP contribution < -0.4 is 4.74 Å². The van der Waals surface area contributed by atoms with E-state index in [0.29, 0.717) is 5.75 Å². The fourth-order valence-electron chi connectivity index (χ4n) is 3.77. The summed E-state index contributed by atoms with van der Waals surface area (Å²) in [5.41, 5.74) is 1.25. The van der Waals surface area contributed by atoms with Crippen molar-refractivity contribution in [2.45, 2.75) is 95.3 Å². The highest BCUT2D eigenvalue weighted by Gasteiger charge is 2.13. The highest BCUT2D eigenvalue weighted by molar-refractivity contribution is 7.85. The Kier molecular flexibility index (Phi) is 11.6. The maximum atomic E-state index is 11.1. The highest BCUT2D eigenvalue weighted by atomic mass is 32.2. The first-order valence-electron chi connectivity index (χ1n) is 12.0. The SMILES string of the molecule is CCCCCCCCCCCCCCc1ccc(Oc2ccc(S(=O)(=O)O)cc2O)cc1. The van der Waals surface area contributed by atoms with E-state index in [-0.39, 0.29) is 16.4 Å². The van der Waals surface area contributed by atoms with Crippen molar-refractivity contribution in [2.75, 3.05) is 0 Å². The minimum absolute atomic E-state index is 0.131. The molecule has 0 aliphatic heterocycles. The van der Waals surface area contributed by atoms with Gasteiger partial charge in [0.1, 0.15) is 5.75 Å². The summed E-state index contributed by atoms with van der Waals surface area (Å²) in [6.45, 7) is 2.26. The zero-order valence-corrected chi connectivity index (χ0v) is 20.1. The number of hydrogen-bond donors (Lipinski definition) is 2. The second-order valence-corrected chi connectivity index (χ2v) is 9.91.